The zero-order valence-electron chi connectivity index (χ0n) is 23.4. The fourth-order valence-electron chi connectivity index (χ4n) is 5.06. The van der Waals surface area contributed by atoms with Gasteiger partial charge in [-0.3, -0.25) is 14.4 Å². The maximum absolute atomic E-state index is 13.5. The number of ether oxygens (including phenoxy) is 3. The molecular weight excluding hydrogens is 510 g/mol. The van der Waals surface area contributed by atoms with Crippen LogP contribution in [0.25, 0.3) is 11.1 Å². The van der Waals surface area contributed by atoms with E-state index in [9.17, 15) is 14.4 Å². The van der Waals surface area contributed by atoms with Crippen LogP contribution in [-0.4, -0.2) is 39.2 Å². The maximum atomic E-state index is 13.5. The van der Waals surface area contributed by atoms with Crippen LogP contribution in [0.15, 0.2) is 59.4 Å². The second kappa shape index (κ2) is 12.5. The van der Waals surface area contributed by atoms with Gasteiger partial charge < -0.3 is 30.2 Å². The first kappa shape index (κ1) is 28.5. The lowest BCUT2D eigenvalue weighted by Gasteiger charge is -2.19. The summed E-state index contributed by atoms with van der Waals surface area (Å²) >= 11 is 0. The van der Waals surface area contributed by atoms with Crippen LogP contribution < -0.4 is 35.6 Å². The Labute approximate surface area is 233 Å². The molecule has 1 aliphatic carbocycles. The van der Waals surface area contributed by atoms with Crippen molar-refractivity contribution in [3.63, 3.8) is 0 Å². The van der Waals surface area contributed by atoms with Gasteiger partial charge in [-0.05, 0) is 60.2 Å². The van der Waals surface area contributed by atoms with Gasteiger partial charge in [-0.2, -0.15) is 0 Å². The topological polar surface area (TPSA) is 115 Å². The van der Waals surface area contributed by atoms with E-state index in [4.69, 9.17) is 14.2 Å². The van der Waals surface area contributed by atoms with Gasteiger partial charge in [0.15, 0.2) is 11.5 Å². The van der Waals surface area contributed by atoms with Gasteiger partial charge >= 0.3 is 0 Å². The van der Waals surface area contributed by atoms with E-state index in [0.29, 0.717) is 42.2 Å². The van der Waals surface area contributed by atoms with Crippen LogP contribution in [0.5, 0.6) is 17.2 Å². The van der Waals surface area contributed by atoms with Gasteiger partial charge in [-0.25, -0.2) is 0 Å². The Morgan fingerprint density at radius 3 is 2.35 bits per heavy atom. The lowest BCUT2D eigenvalue weighted by atomic mass is 9.95. The molecule has 4 rings (SSSR count). The molecule has 2 amide bonds. The highest BCUT2D eigenvalue weighted by Crippen LogP contribution is 2.50. The third-order valence-electron chi connectivity index (χ3n) is 6.99. The molecule has 0 fully saturated rings. The van der Waals surface area contributed by atoms with Crippen molar-refractivity contribution in [3.8, 4) is 28.4 Å². The molecule has 9 nitrogen and oxygen atoms in total. The molecule has 1 aliphatic rings. The molecule has 0 aliphatic heterocycles. The third kappa shape index (κ3) is 6.03. The molecular formula is C31H35N3O6. The number of nitrogens with one attached hydrogen (secondary N) is 3. The Balaban J connectivity index is 1.76. The normalized spacial score (nSPS) is 14.5. The summed E-state index contributed by atoms with van der Waals surface area (Å²) in [7, 11) is 4.66. The minimum absolute atomic E-state index is 0.204. The van der Waals surface area contributed by atoms with Crippen molar-refractivity contribution in [2.24, 2.45) is 0 Å². The van der Waals surface area contributed by atoms with E-state index in [1.165, 1.54) is 20.1 Å². The average molecular weight is 546 g/mol. The molecule has 0 heterocycles. The van der Waals surface area contributed by atoms with Gasteiger partial charge in [0.05, 0.1) is 33.1 Å². The Kier molecular flexibility index (Phi) is 8.93. The number of rotatable bonds is 9. The summed E-state index contributed by atoms with van der Waals surface area (Å²) in [6.45, 7) is 3.54. The van der Waals surface area contributed by atoms with Crippen LogP contribution in [-0.2, 0) is 22.6 Å². The summed E-state index contributed by atoms with van der Waals surface area (Å²) in [5.41, 5.74) is 4.00. The van der Waals surface area contributed by atoms with E-state index >= 15 is 0 Å². The molecule has 0 saturated heterocycles. The number of methoxy groups -OCH3 is 3. The van der Waals surface area contributed by atoms with E-state index < -0.39 is 12.1 Å². The summed E-state index contributed by atoms with van der Waals surface area (Å²) in [5.74, 6) is 0.994. The van der Waals surface area contributed by atoms with E-state index in [1.807, 2.05) is 42.5 Å². The van der Waals surface area contributed by atoms with Crippen molar-refractivity contribution in [2.75, 3.05) is 26.6 Å². The SMILES string of the molecule is COc1cc2c(c(OC)c1OC)-c1ccc(NC(C)C(=O)NCc3ccccc3)c(=O)cc1C(NC(C)=O)CC2. The van der Waals surface area contributed by atoms with Crippen molar-refractivity contribution in [3.05, 3.63) is 81.5 Å². The van der Waals surface area contributed by atoms with Gasteiger partial charge in [-0.1, -0.05) is 36.4 Å². The van der Waals surface area contributed by atoms with Crippen LogP contribution in [0.2, 0.25) is 0 Å². The van der Waals surface area contributed by atoms with Crippen LogP contribution in [0.3, 0.4) is 0 Å². The second-order valence-electron chi connectivity index (χ2n) is 9.67. The van der Waals surface area contributed by atoms with E-state index in [1.54, 1.807) is 27.2 Å². The largest absolute Gasteiger partial charge is 0.493 e. The van der Waals surface area contributed by atoms with Gasteiger partial charge in [0.25, 0.3) is 0 Å². The van der Waals surface area contributed by atoms with Gasteiger partial charge in [-0.15, -0.1) is 0 Å². The van der Waals surface area contributed by atoms with Crippen molar-refractivity contribution in [1.29, 1.82) is 0 Å². The summed E-state index contributed by atoms with van der Waals surface area (Å²) < 4.78 is 17.0. The van der Waals surface area contributed by atoms with Gasteiger partial charge in [0.2, 0.25) is 23.0 Å². The number of hydrogen-bond acceptors (Lipinski definition) is 7. The Morgan fingerprint density at radius 1 is 0.975 bits per heavy atom. The molecule has 210 valence electrons. The number of anilines is 1. The standard InChI is InChI=1S/C31H35N3O6/c1-18(31(37)32-17-20-9-7-6-8-10-20)33-25-14-12-22-23(16-26(25)36)24(34-19(2)35)13-11-21-15-27(38-3)29(39-4)30(40-5)28(21)22/h6-10,12,14-16,18,24H,11,13,17H2,1-5H3,(H,32,37)(H,33,36)(H,34,35). The predicted octanol–water partition coefficient (Wildman–Crippen LogP) is 3.98. The van der Waals surface area contributed by atoms with Crippen LogP contribution >= 0.6 is 0 Å². The first-order valence-electron chi connectivity index (χ1n) is 13.1. The first-order chi connectivity index (χ1) is 19.3. The quantitative estimate of drug-likeness (QED) is 0.373. The minimum Gasteiger partial charge on any atom is -0.493 e. The summed E-state index contributed by atoms with van der Waals surface area (Å²) in [4.78, 5) is 38.4. The first-order valence-corrected chi connectivity index (χ1v) is 13.1. The van der Waals surface area contributed by atoms with E-state index in [0.717, 1.165) is 22.3 Å². The number of aryl methyl sites for hydroxylation is 1. The second-order valence-corrected chi connectivity index (χ2v) is 9.67. The number of benzene rings is 2. The monoisotopic (exact) mass is 545 g/mol. The number of fused-ring (bicyclic) bond motifs is 3. The highest BCUT2D eigenvalue weighted by atomic mass is 16.5. The average Bonchev–Trinajstić information content (AvgIpc) is 3.19. The number of amides is 2. The third-order valence-corrected chi connectivity index (χ3v) is 6.99. The molecule has 0 spiro atoms. The molecule has 0 aromatic heterocycles. The lowest BCUT2D eigenvalue weighted by molar-refractivity contribution is -0.122. The lowest BCUT2D eigenvalue weighted by Crippen LogP contribution is -2.38. The number of carbonyl (C=O) groups excluding carboxylic acids is 2. The Bertz CT molecular complexity index is 1460. The molecule has 2 unspecified atom stereocenters. The Hall–Kier alpha value is -4.53. The summed E-state index contributed by atoms with van der Waals surface area (Å²) in [6.07, 6.45) is 1.16. The molecule has 0 saturated carbocycles. The zero-order valence-corrected chi connectivity index (χ0v) is 23.4. The number of hydrogen-bond donors (Lipinski definition) is 3. The smallest absolute Gasteiger partial charge is 0.242 e. The molecule has 40 heavy (non-hydrogen) atoms. The molecule has 9 heteroatoms. The molecule has 0 bridgehead atoms. The van der Waals surface area contributed by atoms with Gasteiger partial charge in [0, 0.05) is 19.0 Å². The highest BCUT2D eigenvalue weighted by molar-refractivity contribution is 5.85. The molecule has 0 radical (unpaired) electrons. The van der Waals surface area contributed by atoms with Gasteiger partial charge in [0.1, 0.15) is 6.04 Å². The summed E-state index contributed by atoms with van der Waals surface area (Å²) in [5, 5.41) is 8.96. The molecule has 3 aromatic rings. The van der Waals surface area contributed by atoms with Crippen LogP contribution in [0.1, 0.15) is 43.0 Å². The zero-order chi connectivity index (χ0) is 28.8. The van der Waals surface area contributed by atoms with Crippen molar-refractivity contribution in [2.45, 2.75) is 45.3 Å². The van der Waals surface area contributed by atoms with Crippen molar-refractivity contribution < 1.29 is 23.8 Å². The Morgan fingerprint density at radius 2 is 1.70 bits per heavy atom. The molecule has 2 atom stereocenters. The van der Waals surface area contributed by atoms with E-state index in [2.05, 4.69) is 16.0 Å². The minimum atomic E-state index is -0.670. The van der Waals surface area contributed by atoms with Crippen molar-refractivity contribution in [1.82, 2.24) is 10.6 Å². The van der Waals surface area contributed by atoms with Crippen molar-refractivity contribution >= 4 is 17.5 Å². The predicted molar refractivity (Wildman–Crippen MR) is 154 cm³/mol. The summed E-state index contributed by atoms with van der Waals surface area (Å²) in [6, 6.07) is 15.4. The fraction of sp³-hybridized carbons (Fsp3) is 0.323. The van der Waals surface area contributed by atoms with E-state index in [-0.39, 0.29) is 22.9 Å². The van der Waals surface area contributed by atoms with Crippen LogP contribution in [0, 0.1) is 0 Å². The molecule has 3 aromatic carbocycles. The maximum Gasteiger partial charge on any atom is 0.242 e. The number of carbonyl (C=O) groups is 2. The molecule has 3 N–H and O–H groups in total. The van der Waals surface area contributed by atoms with Crippen LogP contribution in [0.4, 0.5) is 5.69 Å². The fourth-order valence-corrected chi connectivity index (χ4v) is 5.06. The highest BCUT2D eigenvalue weighted by Gasteiger charge is 2.29.